The molecule has 0 saturated carbocycles. The Morgan fingerprint density at radius 1 is 1.10 bits per heavy atom. The molecular weight excluding hydrogens is 445 g/mol. The van der Waals surface area contributed by atoms with Gasteiger partial charge in [-0.05, 0) is 25.0 Å². The molecule has 2 aromatic rings. The van der Waals surface area contributed by atoms with E-state index in [-0.39, 0.29) is 45.6 Å². The van der Waals surface area contributed by atoms with Crippen molar-refractivity contribution in [1.82, 2.24) is 24.9 Å². The number of rotatable bonds is 4. The van der Waals surface area contributed by atoms with Gasteiger partial charge in [0.1, 0.15) is 6.54 Å². The van der Waals surface area contributed by atoms with Crippen LogP contribution >= 0.6 is 23.2 Å². The number of nitrogens with zero attached hydrogens (tertiary/aromatic N) is 4. The third-order valence-electron chi connectivity index (χ3n) is 5.45. The number of nitrogens with one attached hydrogen (secondary N) is 1. The first-order valence-corrected chi connectivity index (χ1v) is 10.4. The summed E-state index contributed by atoms with van der Waals surface area (Å²) in [6.07, 6.45) is 4.28. The molecule has 1 aromatic heterocycles. The van der Waals surface area contributed by atoms with Gasteiger partial charge in [-0.2, -0.15) is 5.10 Å². The van der Waals surface area contributed by atoms with Gasteiger partial charge in [-0.3, -0.25) is 28.8 Å². The molecule has 1 fully saturated rings. The van der Waals surface area contributed by atoms with Crippen LogP contribution in [-0.2, 0) is 11.8 Å². The third kappa shape index (κ3) is 4.15. The smallest absolute Gasteiger partial charge is 0.262 e. The number of fused-ring (bicyclic) bond motifs is 1. The van der Waals surface area contributed by atoms with Crippen LogP contribution in [0.25, 0.3) is 0 Å². The van der Waals surface area contributed by atoms with E-state index < -0.39 is 11.8 Å². The van der Waals surface area contributed by atoms with E-state index in [1.807, 2.05) is 0 Å². The number of benzene rings is 1. The van der Waals surface area contributed by atoms with Gasteiger partial charge in [0.05, 0.1) is 32.9 Å². The van der Waals surface area contributed by atoms with Crippen molar-refractivity contribution in [3.05, 3.63) is 51.3 Å². The lowest BCUT2D eigenvalue weighted by Crippen LogP contribution is -2.49. The van der Waals surface area contributed by atoms with E-state index in [1.165, 1.54) is 18.3 Å². The summed E-state index contributed by atoms with van der Waals surface area (Å²) in [6, 6.07) is 2.63. The topological polar surface area (TPSA) is 105 Å². The Morgan fingerprint density at radius 2 is 1.68 bits per heavy atom. The Bertz CT molecular complexity index is 1050. The Labute approximate surface area is 187 Å². The minimum Gasteiger partial charge on any atom is -0.349 e. The summed E-state index contributed by atoms with van der Waals surface area (Å²) < 4.78 is 1.55. The van der Waals surface area contributed by atoms with Crippen molar-refractivity contribution in [3.8, 4) is 0 Å². The Kier molecular flexibility index (Phi) is 5.72. The summed E-state index contributed by atoms with van der Waals surface area (Å²) in [5.74, 6) is -1.67. The molecule has 9 nitrogen and oxygen atoms in total. The number of carbonyl (C=O) groups excluding carboxylic acids is 4. The summed E-state index contributed by atoms with van der Waals surface area (Å²) in [7, 11) is 1.73. The van der Waals surface area contributed by atoms with Crippen LogP contribution < -0.4 is 5.32 Å². The summed E-state index contributed by atoms with van der Waals surface area (Å²) in [5, 5.41) is 7.27. The molecule has 0 aliphatic carbocycles. The summed E-state index contributed by atoms with van der Waals surface area (Å²) in [5.41, 5.74) is 0.764. The van der Waals surface area contributed by atoms with Crippen molar-refractivity contribution in [2.45, 2.75) is 18.9 Å². The molecule has 0 spiro atoms. The van der Waals surface area contributed by atoms with Crippen LogP contribution in [-0.4, -0.2) is 68.9 Å². The van der Waals surface area contributed by atoms with Gasteiger partial charge in [0.25, 0.3) is 17.7 Å². The van der Waals surface area contributed by atoms with Crippen molar-refractivity contribution in [1.29, 1.82) is 0 Å². The number of amides is 4. The lowest BCUT2D eigenvalue weighted by atomic mass is 10.0. The van der Waals surface area contributed by atoms with Gasteiger partial charge in [-0.25, -0.2) is 0 Å². The monoisotopic (exact) mass is 463 g/mol. The molecule has 1 saturated heterocycles. The second kappa shape index (κ2) is 8.32. The molecule has 11 heteroatoms. The number of hydrogen-bond donors (Lipinski definition) is 1. The van der Waals surface area contributed by atoms with Crippen molar-refractivity contribution in [2.75, 3.05) is 19.6 Å². The molecule has 4 amide bonds. The maximum atomic E-state index is 12.7. The molecule has 0 radical (unpaired) electrons. The lowest BCUT2D eigenvalue weighted by molar-refractivity contribution is -0.132. The second-order valence-corrected chi connectivity index (χ2v) is 8.35. The van der Waals surface area contributed by atoms with E-state index in [0.29, 0.717) is 31.5 Å². The highest BCUT2D eigenvalue weighted by Crippen LogP contribution is 2.31. The fourth-order valence-corrected chi connectivity index (χ4v) is 4.07. The van der Waals surface area contributed by atoms with Crippen LogP contribution in [0.2, 0.25) is 10.0 Å². The largest absolute Gasteiger partial charge is 0.349 e. The quantitative estimate of drug-likeness (QED) is 0.695. The maximum Gasteiger partial charge on any atom is 0.262 e. The van der Waals surface area contributed by atoms with E-state index in [2.05, 4.69) is 10.4 Å². The van der Waals surface area contributed by atoms with Crippen LogP contribution in [0.1, 0.15) is 43.9 Å². The highest BCUT2D eigenvalue weighted by molar-refractivity contribution is 6.43. The normalized spacial score (nSPS) is 16.6. The van der Waals surface area contributed by atoms with Gasteiger partial charge in [0.15, 0.2) is 0 Å². The third-order valence-corrected chi connectivity index (χ3v) is 6.18. The van der Waals surface area contributed by atoms with Gasteiger partial charge in [0, 0.05) is 32.4 Å². The SMILES string of the molecule is Cn1cc(C(=O)NC2CCN(C(=O)CN3C(=O)c4cc(Cl)c(Cl)cc4C3=O)CC2)cn1. The molecule has 0 atom stereocenters. The molecule has 2 aliphatic heterocycles. The fourth-order valence-electron chi connectivity index (χ4n) is 3.74. The molecular formula is C20H19Cl2N5O4. The minimum absolute atomic E-state index is 0.0691. The highest BCUT2D eigenvalue weighted by atomic mass is 35.5. The first-order chi connectivity index (χ1) is 14.7. The minimum atomic E-state index is -0.564. The molecule has 1 aromatic carbocycles. The van der Waals surface area contributed by atoms with Crippen LogP contribution in [0.5, 0.6) is 0 Å². The molecule has 0 unspecified atom stereocenters. The molecule has 4 rings (SSSR count). The van der Waals surface area contributed by atoms with Gasteiger partial charge in [0.2, 0.25) is 5.91 Å². The zero-order valence-corrected chi connectivity index (χ0v) is 18.1. The number of hydrogen-bond acceptors (Lipinski definition) is 5. The number of carbonyl (C=O) groups is 4. The average molecular weight is 464 g/mol. The number of halogens is 2. The molecule has 162 valence electrons. The lowest BCUT2D eigenvalue weighted by Gasteiger charge is -2.33. The number of imide groups is 1. The fraction of sp³-hybridized carbons (Fsp3) is 0.350. The molecule has 31 heavy (non-hydrogen) atoms. The molecule has 1 N–H and O–H groups in total. The van der Waals surface area contributed by atoms with Gasteiger partial charge in [-0.1, -0.05) is 23.2 Å². The Morgan fingerprint density at radius 3 is 2.19 bits per heavy atom. The molecule has 2 aliphatic rings. The van der Waals surface area contributed by atoms with E-state index in [9.17, 15) is 19.2 Å². The molecule has 3 heterocycles. The number of likely N-dealkylation sites (tertiary alicyclic amines) is 1. The first-order valence-electron chi connectivity index (χ1n) is 9.67. The van der Waals surface area contributed by atoms with Crippen LogP contribution in [0.3, 0.4) is 0 Å². The predicted octanol–water partition coefficient (Wildman–Crippen LogP) is 1.74. The van der Waals surface area contributed by atoms with Crippen molar-refractivity contribution in [3.63, 3.8) is 0 Å². The molecule has 0 bridgehead atoms. The van der Waals surface area contributed by atoms with E-state index in [1.54, 1.807) is 22.8 Å². The zero-order chi connectivity index (χ0) is 22.3. The number of aromatic nitrogens is 2. The summed E-state index contributed by atoms with van der Waals surface area (Å²) in [6.45, 7) is 0.476. The Hall–Kier alpha value is -2.91. The predicted molar refractivity (Wildman–Crippen MR) is 112 cm³/mol. The summed E-state index contributed by atoms with van der Waals surface area (Å²) >= 11 is 11.9. The average Bonchev–Trinajstić information content (AvgIpc) is 3.27. The van der Waals surface area contributed by atoms with Gasteiger partial charge >= 0.3 is 0 Å². The maximum absolute atomic E-state index is 12.7. The highest BCUT2D eigenvalue weighted by Gasteiger charge is 2.38. The van der Waals surface area contributed by atoms with E-state index >= 15 is 0 Å². The number of aryl methyl sites for hydroxylation is 1. The summed E-state index contributed by atoms with van der Waals surface area (Å²) in [4.78, 5) is 52.6. The van der Waals surface area contributed by atoms with Crippen LogP contribution in [0, 0.1) is 0 Å². The number of piperidine rings is 1. The zero-order valence-electron chi connectivity index (χ0n) is 16.6. The van der Waals surface area contributed by atoms with Crippen LogP contribution in [0.4, 0.5) is 0 Å². The standard InChI is InChI=1S/C20H19Cl2N5O4/c1-25-9-11(8-23-25)18(29)24-12-2-4-26(5-3-12)17(28)10-27-19(30)13-6-15(21)16(22)7-14(13)20(27)31/h6-9,12H,2-5,10H2,1H3,(H,24,29). The van der Waals surface area contributed by atoms with Gasteiger partial charge < -0.3 is 10.2 Å². The second-order valence-electron chi connectivity index (χ2n) is 7.54. The van der Waals surface area contributed by atoms with E-state index in [4.69, 9.17) is 23.2 Å². The van der Waals surface area contributed by atoms with Crippen molar-refractivity contribution >= 4 is 46.8 Å². The van der Waals surface area contributed by atoms with Gasteiger partial charge in [-0.15, -0.1) is 0 Å². The van der Waals surface area contributed by atoms with Crippen molar-refractivity contribution < 1.29 is 19.2 Å². The Balaban J connectivity index is 1.33. The van der Waals surface area contributed by atoms with Crippen molar-refractivity contribution in [2.24, 2.45) is 7.05 Å². The van der Waals surface area contributed by atoms with E-state index in [0.717, 1.165) is 4.90 Å². The van der Waals surface area contributed by atoms with Crippen LogP contribution in [0.15, 0.2) is 24.5 Å². The first kappa shape index (κ1) is 21.3.